The Morgan fingerprint density at radius 2 is 1.79 bits per heavy atom. The van der Waals surface area contributed by atoms with Crippen LogP contribution < -0.4 is 32.6 Å². The second-order valence-corrected chi connectivity index (χ2v) is 14.2. The second kappa shape index (κ2) is 14.5. The fourth-order valence-electron chi connectivity index (χ4n) is 7.17. The third kappa shape index (κ3) is 6.75. The number of nitrogens with zero attached hydrogens (tertiary/aromatic N) is 2. The van der Waals surface area contributed by atoms with Crippen molar-refractivity contribution in [1.82, 2.24) is 30.8 Å². The maximum atomic E-state index is 13.9. The third-order valence-electron chi connectivity index (χ3n) is 10.2. The molecule has 0 fully saturated rings. The van der Waals surface area contributed by atoms with Gasteiger partial charge in [-0.2, -0.15) is 0 Å². The summed E-state index contributed by atoms with van der Waals surface area (Å²) < 4.78 is 12.2. The van der Waals surface area contributed by atoms with Crippen molar-refractivity contribution in [1.29, 1.82) is 0 Å². The van der Waals surface area contributed by atoms with Gasteiger partial charge in [-0.15, -0.1) is 0 Å². The topological polar surface area (TPSA) is 233 Å². The summed E-state index contributed by atoms with van der Waals surface area (Å²) in [5, 5.41) is 23.2. The minimum Gasteiger partial charge on any atom is -0.458 e. The molecule has 0 bridgehead atoms. The fraction of sp³-hybridized carbons (Fsp3) is 0.472. The van der Waals surface area contributed by atoms with E-state index in [9.17, 15) is 33.9 Å². The van der Waals surface area contributed by atoms with Gasteiger partial charge in [-0.05, 0) is 75.8 Å². The van der Waals surface area contributed by atoms with Gasteiger partial charge in [-0.3, -0.25) is 24.0 Å². The molecule has 4 heterocycles. The third-order valence-corrected chi connectivity index (χ3v) is 10.6. The van der Waals surface area contributed by atoms with Crippen molar-refractivity contribution >= 4 is 52.1 Å². The van der Waals surface area contributed by atoms with Gasteiger partial charge in [0.15, 0.2) is 5.60 Å². The van der Waals surface area contributed by atoms with E-state index in [0.717, 1.165) is 27.6 Å². The van der Waals surface area contributed by atoms with Gasteiger partial charge in [-0.25, -0.2) is 9.78 Å². The fourth-order valence-corrected chi connectivity index (χ4v) is 7.39. The largest absolute Gasteiger partial charge is 0.458 e. The molecule has 7 N–H and O–H groups in total. The Bertz CT molecular complexity index is 2130. The van der Waals surface area contributed by atoms with E-state index < -0.39 is 71.5 Å². The lowest BCUT2D eigenvalue weighted by Crippen LogP contribution is -2.53. The van der Waals surface area contributed by atoms with E-state index in [-0.39, 0.29) is 37.4 Å². The lowest BCUT2D eigenvalue weighted by molar-refractivity contribution is -0.172. The number of pyridine rings is 2. The number of aromatic nitrogens is 2. The summed E-state index contributed by atoms with van der Waals surface area (Å²) in [4.78, 5) is 81.5. The van der Waals surface area contributed by atoms with Crippen LogP contribution in [-0.4, -0.2) is 75.7 Å². The lowest BCUT2D eigenvalue weighted by Gasteiger charge is -2.31. The van der Waals surface area contributed by atoms with E-state index >= 15 is 0 Å². The number of esters is 1. The number of nitrogens with one attached hydrogen (secondary N) is 4. The Morgan fingerprint density at radius 3 is 2.49 bits per heavy atom. The van der Waals surface area contributed by atoms with Crippen LogP contribution in [0.25, 0.3) is 22.3 Å². The van der Waals surface area contributed by atoms with Gasteiger partial charge >= 0.3 is 5.97 Å². The molecule has 0 unspecified atom stereocenters. The number of benzene rings is 1. The summed E-state index contributed by atoms with van der Waals surface area (Å²) in [5.41, 5.74) is 8.46. The van der Waals surface area contributed by atoms with E-state index in [4.69, 9.17) is 31.8 Å². The summed E-state index contributed by atoms with van der Waals surface area (Å²) in [5.74, 6) is -2.93. The first-order chi connectivity index (χ1) is 25.1. The van der Waals surface area contributed by atoms with Gasteiger partial charge < -0.3 is 46.1 Å². The Balaban J connectivity index is 1.19. The molecule has 5 atom stereocenters. The Hall–Kier alpha value is -4.90. The molecule has 3 aliphatic rings. The molecule has 2 aromatic heterocycles. The zero-order chi connectivity index (χ0) is 38.5. The van der Waals surface area contributed by atoms with Crippen molar-refractivity contribution in [3.63, 3.8) is 0 Å². The summed E-state index contributed by atoms with van der Waals surface area (Å²) in [6.07, 6.45) is 1.12. The molecular formula is C36H42ClN7O9. The maximum absolute atomic E-state index is 13.9. The minimum atomic E-state index is -1.98. The molecule has 17 heteroatoms. The van der Waals surface area contributed by atoms with Crippen molar-refractivity contribution in [3.05, 3.63) is 60.9 Å². The first-order valence-electron chi connectivity index (χ1n) is 17.4. The molecule has 4 amide bonds. The van der Waals surface area contributed by atoms with Gasteiger partial charge in [0.2, 0.25) is 23.6 Å². The van der Waals surface area contributed by atoms with E-state index in [1.54, 1.807) is 23.6 Å². The molecule has 3 aromatic rings. The molecule has 0 saturated heterocycles. The predicted molar refractivity (Wildman–Crippen MR) is 191 cm³/mol. The van der Waals surface area contributed by atoms with E-state index in [1.807, 2.05) is 6.92 Å². The van der Waals surface area contributed by atoms with Crippen molar-refractivity contribution in [3.8, 4) is 11.4 Å². The van der Waals surface area contributed by atoms with Crippen LogP contribution in [0.5, 0.6) is 0 Å². The highest BCUT2D eigenvalue weighted by Gasteiger charge is 2.46. The SMILES string of the molecule is CC[C@@]1(O)C(=O)OCc2c1cc1n(c2=O)Cc2c-1nc1cc(Cl)c(C)c3c1c2[C@@H](NC(=O)COCNC(=O)[C@H](C)NC(=O)[C@H](C)NC(=O)[C@H](C)N)CC3. The number of nitrogens with two attached hydrogens (primary N) is 1. The van der Waals surface area contributed by atoms with E-state index in [1.165, 1.54) is 20.8 Å². The van der Waals surface area contributed by atoms with Gasteiger partial charge in [0.25, 0.3) is 5.56 Å². The monoisotopic (exact) mass is 751 g/mol. The summed E-state index contributed by atoms with van der Waals surface area (Å²) in [6, 6.07) is 0.226. The van der Waals surface area contributed by atoms with Crippen molar-refractivity contribution in [2.75, 3.05) is 13.3 Å². The zero-order valence-corrected chi connectivity index (χ0v) is 30.7. The van der Waals surface area contributed by atoms with Crippen LogP contribution >= 0.6 is 11.6 Å². The van der Waals surface area contributed by atoms with Crippen molar-refractivity contribution < 1.29 is 38.6 Å². The van der Waals surface area contributed by atoms with Crippen LogP contribution in [0.3, 0.4) is 0 Å². The molecule has 0 saturated carbocycles. The summed E-state index contributed by atoms with van der Waals surface area (Å²) in [7, 11) is 0. The first kappa shape index (κ1) is 37.8. The zero-order valence-electron chi connectivity index (χ0n) is 30.0. The van der Waals surface area contributed by atoms with Gasteiger partial charge in [-0.1, -0.05) is 18.5 Å². The molecule has 2 aliphatic heterocycles. The Kier molecular flexibility index (Phi) is 10.4. The van der Waals surface area contributed by atoms with Crippen LogP contribution in [0, 0.1) is 6.92 Å². The number of halogens is 1. The van der Waals surface area contributed by atoms with E-state index in [0.29, 0.717) is 34.8 Å². The smallest absolute Gasteiger partial charge is 0.343 e. The molecule has 1 aromatic carbocycles. The number of hydrogen-bond acceptors (Lipinski definition) is 11. The molecule has 6 rings (SSSR count). The van der Waals surface area contributed by atoms with Crippen LogP contribution in [0.2, 0.25) is 5.02 Å². The molecule has 53 heavy (non-hydrogen) atoms. The number of hydrogen-bond donors (Lipinski definition) is 6. The number of aryl methyl sites for hydroxylation is 1. The standard InChI is InChI=1S/C36H42ClN7O9/c1-6-36(51)22-9-26-30-20(11-44(26)34(49)21(22)12-53-35(36)50)29-24(8-7-19-15(2)23(37)10-25(43-30)28(19)29)42-27(45)13-52-14-39-32(47)17(4)41-33(48)18(5)40-31(46)16(3)38/h9-10,16-18,24,51H,6-8,11-14,38H2,1-5H3,(H,39,47)(H,40,46)(H,41,48)(H,42,45)/t16-,17-,18-,24-,36-/m0/s1. The second-order valence-electron chi connectivity index (χ2n) is 13.8. The van der Waals surface area contributed by atoms with Crippen molar-refractivity contribution in [2.24, 2.45) is 5.73 Å². The maximum Gasteiger partial charge on any atom is 0.343 e. The average molecular weight is 752 g/mol. The van der Waals surface area contributed by atoms with Gasteiger partial charge in [0, 0.05) is 21.5 Å². The Morgan fingerprint density at radius 1 is 1.09 bits per heavy atom. The Labute approximate surface area is 309 Å². The van der Waals surface area contributed by atoms with Crippen LogP contribution in [0.1, 0.15) is 80.0 Å². The highest BCUT2D eigenvalue weighted by Crippen LogP contribution is 2.46. The minimum absolute atomic E-state index is 0.00784. The molecule has 1 aliphatic carbocycles. The summed E-state index contributed by atoms with van der Waals surface area (Å²) in [6.45, 7) is 7.16. The number of amides is 4. The highest BCUT2D eigenvalue weighted by atomic mass is 35.5. The van der Waals surface area contributed by atoms with Gasteiger partial charge in [0.05, 0.1) is 41.1 Å². The number of rotatable bonds is 11. The number of carbonyl (C=O) groups is 5. The van der Waals surface area contributed by atoms with Crippen LogP contribution in [0.4, 0.5) is 0 Å². The normalized spacial score (nSPS) is 19.9. The number of carbonyl (C=O) groups excluding carboxylic acids is 5. The molecule has 0 radical (unpaired) electrons. The molecular weight excluding hydrogens is 710 g/mol. The van der Waals surface area contributed by atoms with Gasteiger partial charge in [0.1, 0.15) is 32.0 Å². The number of fused-ring (bicyclic) bond motifs is 5. The molecule has 282 valence electrons. The predicted octanol–water partition coefficient (Wildman–Crippen LogP) is 0.592. The van der Waals surface area contributed by atoms with E-state index in [2.05, 4.69) is 21.3 Å². The molecule has 0 spiro atoms. The molecule has 16 nitrogen and oxygen atoms in total. The summed E-state index contributed by atoms with van der Waals surface area (Å²) >= 11 is 6.66. The lowest BCUT2D eigenvalue weighted by atomic mass is 9.81. The number of ether oxygens (including phenoxy) is 2. The quantitative estimate of drug-likeness (QED) is 0.0705. The van der Waals surface area contributed by atoms with Crippen LogP contribution in [-0.2, 0) is 58.6 Å². The number of aliphatic hydroxyl groups is 1. The number of cyclic esters (lactones) is 1. The first-order valence-corrected chi connectivity index (χ1v) is 17.8. The highest BCUT2D eigenvalue weighted by molar-refractivity contribution is 6.32. The van der Waals surface area contributed by atoms with Crippen LogP contribution in [0.15, 0.2) is 16.9 Å². The van der Waals surface area contributed by atoms with Crippen molar-refractivity contribution in [2.45, 2.75) is 96.8 Å². The average Bonchev–Trinajstić information content (AvgIpc) is 3.49.